The van der Waals surface area contributed by atoms with Crippen LogP contribution in [0.3, 0.4) is 0 Å². The molecule has 2 heterocycles. The first-order chi connectivity index (χ1) is 15.7. The van der Waals surface area contributed by atoms with E-state index < -0.39 is 25.5 Å². The van der Waals surface area contributed by atoms with Crippen molar-refractivity contribution in [3.8, 4) is 0 Å². The number of aliphatic hydroxyl groups excluding tert-OH is 1. The van der Waals surface area contributed by atoms with Gasteiger partial charge in [-0.15, -0.1) is 11.3 Å². The lowest BCUT2D eigenvalue weighted by Gasteiger charge is -2.44. The smallest absolute Gasteiger partial charge is 0.410 e. The van der Waals surface area contributed by atoms with Crippen LogP contribution in [0.5, 0.6) is 0 Å². The fourth-order valence-corrected chi connectivity index (χ4v) is 7.74. The van der Waals surface area contributed by atoms with Gasteiger partial charge in [-0.3, -0.25) is 4.98 Å². The Hall–Kier alpha value is -0.493. The van der Waals surface area contributed by atoms with Gasteiger partial charge in [0.25, 0.3) is 0 Å². The molecule has 2 atom stereocenters. The van der Waals surface area contributed by atoms with E-state index in [0.29, 0.717) is 16.9 Å². The highest BCUT2D eigenvalue weighted by atomic mass is 127. The molecule has 2 unspecified atom stereocenters. The summed E-state index contributed by atoms with van der Waals surface area (Å²) >= 11 is 2.86. The standard InChI is InChI=1S/C26H37F3INO2SSi/c1-14(2)22-20(23(32)17-10-11-18(34-17)26(27,28)29)21(30)19-15(31-22)12-25(6,7)13-16(19)33-35(8,9)24(3,4)5/h10-11,14,16,23,32H,12-13H2,1-9H3. The molecule has 0 fully saturated rings. The van der Waals surface area contributed by atoms with Gasteiger partial charge in [0.1, 0.15) is 11.0 Å². The second-order valence-electron chi connectivity index (χ2n) is 12.3. The van der Waals surface area contributed by atoms with Crippen molar-refractivity contribution in [1.82, 2.24) is 4.98 Å². The van der Waals surface area contributed by atoms with E-state index in [9.17, 15) is 18.3 Å². The normalized spacial score (nSPS) is 19.7. The van der Waals surface area contributed by atoms with E-state index in [-0.39, 0.29) is 27.4 Å². The molecule has 0 saturated heterocycles. The van der Waals surface area contributed by atoms with Gasteiger partial charge in [0, 0.05) is 25.3 Å². The van der Waals surface area contributed by atoms with Crippen molar-refractivity contribution in [3.63, 3.8) is 0 Å². The maximum atomic E-state index is 13.3. The fraction of sp³-hybridized carbons (Fsp3) is 0.654. The molecule has 0 saturated carbocycles. The number of hydrogen-bond donors (Lipinski definition) is 1. The Balaban J connectivity index is 2.20. The summed E-state index contributed by atoms with van der Waals surface area (Å²) in [6.45, 7) is 19.6. The summed E-state index contributed by atoms with van der Waals surface area (Å²) in [7, 11) is -2.12. The van der Waals surface area contributed by atoms with Crippen LogP contribution in [-0.2, 0) is 17.0 Å². The predicted molar refractivity (Wildman–Crippen MR) is 148 cm³/mol. The average Bonchev–Trinajstić information content (AvgIpc) is 3.15. The summed E-state index contributed by atoms with van der Waals surface area (Å²) in [5.41, 5.74) is 3.33. The van der Waals surface area contributed by atoms with Gasteiger partial charge in [-0.25, -0.2) is 0 Å². The van der Waals surface area contributed by atoms with E-state index >= 15 is 0 Å². The van der Waals surface area contributed by atoms with Crippen molar-refractivity contribution in [3.05, 3.63) is 48.0 Å². The Morgan fingerprint density at radius 3 is 2.29 bits per heavy atom. The molecule has 2 aromatic heterocycles. The van der Waals surface area contributed by atoms with Gasteiger partial charge in [-0.2, -0.15) is 13.2 Å². The van der Waals surface area contributed by atoms with Crippen LogP contribution in [0.25, 0.3) is 0 Å². The summed E-state index contributed by atoms with van der Waals surface area (Å²) in [5, 5.41) is 11.4. The summed E-state index contributed by atoms with van der Waals surface area (Å²) in [4.78, 5) is 4.63. The first kappa shape index (κ1) is 29.1. The van der Waals surface area contributed by atoms with Crippen molar-refractivity contribution in [1.29, 1.82) is 0 Å². The Bertz CT molecular complexity index is 1090. The molecule has 0 amide bonds. The molecular weight excluding hydrogens is 602 g/mol. The Labute approximate surface area is 226 Å². The molecule has 0 radical (unpaired) electrons. The molecule has 1 aliphatic rings. The fourth-order valence-electron chi connectivity index (χ4n) is 4.37. The second-order valence-corrected chi connectivity index (χ2v) is 19.2. The van der Waals surface area contributed by atoms with Gasteiger partial charge in [0.15, 0.2) is 8.32 Å². The number of fused-ring (bicyclic) bond motifs is 1. The van der Waals surface area contributed by atoms with Crippen molar-refractivity contribution in [2.45, 2.75) is 104 Å². The molecular formula is C26H37F3INO2SSi. The van der Waals surface area contributed by atoms with Crippen LogP contribution >= 0.6 is 33.9 Å². The zero-order valence-corrected chi connectivity index (χ0v) is 26.0. The number of aliphatic hydroxyl groups is 1. The number of aromatic nitrogens is 1. The number of alkyl halides is 3. The Kier molecular flexibility index (Phi) is 8.03. The molecule has 9 heteroatoms. The summed E-state index contributed by atoms with van der Waals surface area (Å²) in [5.74, 6) is 0.00492. The van der Waals surface area contributed by atoms with Gasteiger partial charge in [-0.1, -0.05) is 48.5 Å². The number of thiophene rings is 1. The van der Waals surface area contributed by atoms with Crippen molar-refractivity contribution >= 4 is 42.2 Å². The molecule has 2 aromatic rings. The van der Waals surface area contributed by atoms with Crippen LogP contribution < -0.4 is 0 Å². The zero-order chi connectivity index (χ0) is 26.7. The van der Waals surface area contributed by atoms with Crippen LogP contribution in [-0.4, -0.2) is 18.4 Å². The lowest BCUT2D eigenvalue weighted by molar-refractivity contribution is -0.134. The number of pyridine rings is 1. The van der Waals surface area contributed by atoms with E-state index in [1.54, 1.807) is 0 Å². The molecule has 0 aliphatic heterocycles. The molecule has 35 heavy (non-hydrogen) atoms. The summed E-state index contributed by atoms with van der Waals surface area (Å²) in [6.07, 6.45) is -4.16. The van der Waals surface area contributed by atoms with Crippen LogP contribution in [0.15, 0.2) is 12.1 Å². The summed E-state index contributed by atoms with van der Waals surface area (Å²) < 4.78 is 47.6. The molecule has 1 N–H and O–H groups in total. The zero-order valence-electron chi connectivity index (χ0n) is 22.0. The maximum absolute atomic E-state index is 13.3. The van der Waals surface area contributed by atoms with Gasteiger partial charge in [0.05, 0.1) is 11.8 Å². The van der Waals surface area contributed by atoms with Gasteiger partial charge in [-0.05, 0) is 77.0 Å². The topological polar surface area (TPSA) is 42.4 Å². The van der Waals surface area contributed by atoms with Gasteiger partial charge < -0.3 is 9.53 Å². The minimum atomic E-state index is -4.43. The SMILES string of the molecule is CC(C)c1nc2c(c(I)c1C(O)c1ccc(C(F)(F)F)s1)C(O[Si](C)(C)C(C)(C)C)CC(C)(C)C2. The average molecular weight is 640 g/mol. The molecule has 1 aliphatic carbocycles. The quantitative estimate of drug-likeness (QED) is 0.262. The molecule has 3 rings (SSSR count). The molecule has 196 valence electrons. The first-order valence-electron chi connectivity index (χ1n) is 12.0. The second kappa shape index (κ2) is 9.67. The van der Waals surface area contributed by atoms with Crippen LogP contribution in [0.2, 0.25) is 18.1 Å². The lowest BCUT2D eigenvalue weighted by Crippen LogP contribution is -2.44. The highest BCUT2D eigenvalue weighted by Crippen LogP contribution is 2.50. The van der Waals surface area contributed by atoms with Crippen molar-refractivity contribution < 1.29 is 22.7 Å². The number of nitrogens with zero attached hydrogens (tertiary/aromatic N) is 1. The minimum absolute atomic E-state index is 0.000144. The third-order valence-electron chi connectivity index (χ3n) is 7.26. The number of hydrogen-bond acceptors (Lipinski definition) is 4. The molecule has 3 nitrogen and oxygen atoms in total. The van der Waals surface area contributed by atoms with E-state index in [1.165, 1.54) is 6.07 Å². The first-order valence-corrected chi connectivity index (χ1v) is 16.8. The largest absolute Gasteiger partial charge is 0.425 e. The van der Waals surface area contributed by atoms with Crippen LogP contribution in [0.4, 0.5) is 13.2 Å². The van der Waals surface area contributed by atoms with Crippen molar-refractivity contribution in [2.24, 2.45) is 5.41 Å². The Morgan fingerprint density at radius 1 is 1.20 bits per heavy atom. The van der Waals surface area contributed by atoms with E-state index in [2.05, 4.69) is 70.3 Å². The van der Waals surface area contributed by atoms with E-state index in [1.807, 2.05) is 13.8 Å². The van der Waals surface area contributed by atoms with E-state index in [4.69, 9.17) is 9.41 Å². The van der Waals surface area contributed by atoms with Crippen LogP contribution in [0.1, 0.15) is 105 Å². The number of halogens is 4. The number of rotatable bonds is 5. The Morgan fingerprint density at radius 2 is 1.80 bits per heavy atom. The van der Waals surface area contributed by atoms with Crippen LogP contribution in [0, 0.1) is 8.99 Å². The van der Waals surface area contributed by atoms with Gasteiger partial charge in [0.2, 0.25) is 0 Å². The van der Waals surface area contributed by atoms with Crippen molar-refractivity contribution in [2.75, 3.05) is 0 Å². The molecule has 0 spiro atoms. The third kappa shape index (κ3) is 5.99. The third-order valence-corrected chi connectivity index (χ3v) is 14.1. The molecule has 0 bridgehead atoms. The lowest BCUT2D eigenvalue weighted by atomic mass is 9.74. The summed E-state index contributed by atoms with van der Waals surface area (Å²) in [6, 6.07) is 2.42. The highest BCUT2D eigenvalue weighted by Gasteiger charge is 2.44. The predicted octanol–water partition coefficient (Wildman–Crippen LogP) is 9.01. The maximum Gasteiger partial charge on any atom is 0.425 e. The highest BCUT2D eigenvalue weighted by molar-refractivity contribution is 14.1. The molecule has 0 aromatic carbocycles. The van der Waals surface area contributed by atoms with E-state index in [0.717, 1.165) is 39.4 Å². The minimum Gasteiger partial charge on any atom is -0.410 e. The van der Waals surface area contributed by atoms with Gasteiger partial charge >= 0.3 is 6.18 Å². The monoisotopic (exact) mass is 639 g/mol.